The Morgan fingerprint density at radius 1 is 1.39 bits per heavy atom. The van der Waals surface area contributed by atoms with E-state index in [-0.39, 0.29) is 30.3 Å². The predicted molar refractivity (Wildman–Crippen MR) is 60.2 cm³/mol. The molecule has 18 heavy (non-hydrogen) atoms. The molecular formula is C12H11NO5. The summed E-state index contributed by atoms with van der Waals surface area (Å²) in [7, 11) is 2.88. The molecule has 0 atom stereocenters. The van der Waals surface area contributed by atoms with Crippen molar-refractivity contribution in [3.8, 4) is 29.1 Å². The van der Waals surface area contributed by atoms with Crippen molar-refractivity contribution in [2.24, 2.45) is 0 Å². The fourth-order valence-corrected chi connectivity index (χ4v) is 1.74. The van der Waals surface area contributed by atoms with Crippen LogP contribution in [0, 0.1) is 11.3 Å². The molecule has 1 aromatic carbocycles. The van der Waals surface area contributed by atoms with E-state index in [4.69, 9.17) is 24.2 Å². The molecule has 1 heterocycles. The number of fused-ring (bicyclic) bond motifs is 1. The highest BCUT2D eigenvalue weighted by Crippen LogP contribution is 2.49. The lowest BCUT2D eigenvalue weighted by atomic mass is 10.1. The Labute approximate surface area is 104 Å². The number of carbonyl (C=O) groups is 1. The molecule has 0 bridgehead atoms. The average molecular weight is 249 g/mol. The molecule has 0 spiro atoms. The Morgan fingerprint density at radius 3 is 2.72 bits per heavy atom. The molecular weight excluding hydrogens is 238 g/mol. The molecule has 0 amide bonds. The van der Waals surface area contributed by atoms with Gasteiger partial charge in [0.05, 0.1) is 32.3 Å². The van der Waals surface area contributed by atoms with Crippen molar-refractivity contribution < 1.29 is 23.7 Å². The van der Waals surface area contributed by atoms with Crippen molar-refractivity contribution in [2.45, 2.75) is 6.42 Å². The summed E-state index contributed by atoms with van der Waals surface area (Å²) in [6.45, 7) is 0.0396. The van der Waals surface area contributed by atoms with Gasteiger partial charge in [0.25, 0.3) is 0 Å². The van der Waals surface area contributed by atoms with Crippen molar-refractivity contribution >= 4 is 5.78 Å². The van der Waals surface area contributed by atoms with E-state index in [1.165, 1.54) is 20.3 Å². The predicted octanol–water partition coefficient (Wildman–Crippen LogP) is 1.53. The number of ketones is 1. The van der Waals surface area contributed by atoms with Gasteiger partial charge in [0.1, 0.15) is 0 Å². The molecule has 0 unspecified atom stereocenters. The highest BCUT2D eigenvalue weighted by atomic mass is 16.7. The van der Waals surface area contributed by atoms with Crippen LogP contribution < -0.4 is 18.9 Å². The van der Waals surface area contributed by atoms with Gasteiger partial charge >= 0.3 is 0 Å². The van der Waals surface area contributed by atoms with Crippen LogP contribution in [0.25, 0.3) is 0 Å². The molecule has 0 radical (unpaired) electrons. The van der Waals surface area contributed by atoms with Crippen molar-refractivity contribution in [1.29, 1.82) is 5.26 Å². The molecule has 2 rings (SSSR count). The van der Waals surface area contributed by atoms with Gasteiger partial charge in [-0.05, 0) is 6.07 Å². The first kappa shape index (κ1) is 12.0. The largest absolute Gasteiger partial charge is 0.493 e. The summed E-state index contributed by atoms with van der Waals surface area (Å²) in [4.78, 5) is 11.8. The van der Waals surface area contributed by atoms with Gasteiger partial charge in [-0.3, -0.25) is 4.79 Å². The minimum absolute atomic E-state index is 0.0396. The first-order valence-electron chi connectivity index (χ1n) is 5.17. The summed E-state index contributed by atoms with van der Waals surface area (Å²) in [5.41, 5.74) is 0.250. The second-order valence-electron chi connectivity index (χ2n) is 3.48. The number of rotatable bonds is 4. The Bertz CT molecular complexity index is 532. The average Bonchev–Trinajstić information content (AvgIpc) is 2.86. The number of hydrogen-bond acceptors (Lipinski definition) is 6. The first-order chi connectivity index (χ1) is 8.72. The van der Waals surface area contributed by atoms with Crippen LogP contribution in [0.3, 0.4) is 0 Å². The van der Waals surface area contributed by atoms with Crippen LogP contribution in [0.4, 0.5) is 0 Å². The molecule has 0 saturated carbocycles. The summed E-state index contributed by atoms with van der Waals surface area (Å²) in [5, 5.41) is 8.58. The summed E-state index contributed by atoms with van der Waals surface area (Å²) in [6, 6.07) is 3.30. The minimum atomic E-state index is -0.356. The van der Waals surface area contributed by atoms with E-state index in [1.54, 1.807) is 6.07 Å². The zero-order valence-electron chi connectivity index (χ0n) is 9.98. The van der Waals surface area contributed by atoms with Crippen LogP contribution in [0.1, 0.15) is 16.8 Å². The molecule has 0 fully saturated rings. The normalized spacial score (nSPS) is 11.8. The van der Waals surface area contributed by atoms with Gasteiger partial charge < -0.3 is 18.9 Å². The minimum Gasteiger partial charge on any atom is -0.493 e. The standard InChI is InChI=1S/C12H11NO5/c1-15-9-5-7(8(14)3-4-13)10(16-2)12-11(9)17-6-18-12/h5H,3,6H2,1-2H3. The molecule has 6 nitrogen and oxygen atoms in total. The van der Waals surface area contributed by atoms with E-state index in [0.717, 1.165) is 0 Å². The maximum Gasteiger partial charge on any atom is 0.231 e. The third-order valence-corrected chi connectivity index (χ3v) is 2.53. The molecule has 1 aromatic rings. The number of carbonyl (C=O) groups excluding carboxylic acids is 1. The number of benzene rings is 1. The van der Waals surface area contributed by atoms with Gasteiger partial charge in [0.2, 0.25) is 18.3 Å². The van der Waals surface area contributed by atoms with Gasteiger partial charge in [0.15, 0.2) is 17.3 Å². The Balaban J connectivity index is 2.59. The number of nitrogens with zero attached hydrogens (tertiary/aromatic N) is 1. The molecule has 0 aromatic heterocycles. The van der Waals surface area contributed by atoms with Gasteiger partial charge in [-0.25, -0.2) is 0 Å². The van der Waals surface area contributed by atoms with Crippen LogP contribution in [0.15, 0.2) is 6.07 Å². The van der Waals surface area contributed by atoms with E-state index in [1.807, 2.05) is 0 Å². The summed E-state index contributed by atoms with van der Waals surface area (Å²) >= 11 is 0. The van der Waals surface area contributed by atoms with E-state index < -0.39 is 0 Å². The smallest absolute Gasteiger partial charge is 0.231 e. The monoisotopic (exact) mass is 249 g/mol. The summed E-state index contributed by atoms with van der Waals surface area (Å²) in [5.74, 6) is 1.03. The Kier molecular flexibility index (Phi) is 3.24. The number of ether oxygens (including phenoxy) is 4. The quantitative estimate of drug-likeness (QED) is 0.753. The molecule has 1 aliphatic heterocycles. The van der Waals surface area contributed by atoms with Crippen LogP contribution in [-0.2, 0) is 0 Å². The van der Waals surface area contributed by atoms with Crippen LogP contribution in [0.5, 0.6) is 23.0 Å². The Morgan fingerprint density at radius 2 is 2.11 bits per heavy atom. The highest BCUT2D eigenvalue weighted by molar-refractivity contribution is 6.01. The zero-order valence-corrected chi connectivity index (χ0v) is 9.98. The third kappa shape index (κ3) is 1.80. The van der Waals surface area contributed by atoms with E-state index >= 15 is 0 Å². The fourth-order valence-electron chi connectivity index (χ4n) is 1.74. The van der Waals surface area contributed by atoms with E-state index in [2.05, 4.69) is 0 Å². The summed E-state index contributed by atoms with van der Waals surface area (Å²) < 4.78 is 20.8. The molecule has 6 heteroatoms. The maximum atomic E-state index is 11.8. The molecule has 0 saturated heterocycles. The number of Topliss-reactive ketones (excluding diaryl/α,β-unsaturated/α-hetero) is 1. The van der Waals surface area contributed by atoms with Gasteiger partial charge in [-0.1, -0.05) is 0 Å². The molecule has 1 aliphatic rings. The SMILES string of the molecule is COc1cc(C(=O)CC#N)c(OC)c2c1OCO2. The highest BCUT2D eigenvalue weighted by Gasteiger charge is 2.29. The molecule has 0 N–H and O–H groups in total. The van der Waals surface area contributed by atoms with E-state index in [0.29, 0.717) is 17.2 Å². The van der Waals surface area contributed by atoms with E-state index in [9.17, 15) is 4.79 Å². The van der Waals surface area contributed by atoms with Crippen molar-refractivity contribution in [1.82, 2.24) is 0 Å². The fraction of sp³-hybridized carbons (Fsp3) is 0.333. The summed E-state index contributed by atoms with van der Waals surface area (Å²) in [6.07, 6.45) is -0.237. The van der Waals surface area contributed by atoms with Crippen LogP contribution in [-0.4, -0.2) is 26.8 Å². The van der Waals surface area contributed by atoms with Crippen LogP contribution in [0.2, 0.25) is 0 Å². The Hall–Kier alpha value is -2.42. The number of nitriles is 1. The maximum absolute atomic E-state index is 11.8. The van der Waals surface area contributed by atoms with Crippen molar-refractivity contribution in [3.05, 3.63) is 11.6 Å². The second-order valence-corrected chi connectivity index (χ2v) is 3.48. The van der Waals surface area contributed by atoms with Crippen molar-refractivity contribution in [2.75, 3.05) is 21.0 Å². The lowest BCUT2D eigenvalue weighted by Gasteiger charge is -2.12. The lowest BCUT2D eigenvalue weighted by Crippen LogP contribution is -2.03. The first-order valence-corrected chi connectivity index (χ1v) is 5.17. The second kappa shape index (κ2) is 4.84. The third-order valence-electron chi connectivity index (χ3n) is 2.53. The molecule has 0 aliphatic carbocycles. The lowest BCUT2D eigenvalue weighted by molar-refractivity contribution is 0.0993. The van der Waals surface area contributed by atoms with Gasteiger partial charge in [-0.2, -0.15) is 5.26 Å². The molecule has 94 valence electrons. The van der Waals surface area contributed by atoms with Crippen LogP contribution >= 0.6 is 0 Å². The van der Waals surface area contributed by atoms with Crippen molar-refractivity contribution in [3.63, 3.8) is 0 Å². The zero-order chi connectivity index (χ0) is 13.1. The number of methoxy groups -OCH3 is 2. The number of hydrogen-bond donors (Lipinski definition) is 0. The van der Waals surface area contributed by atoms with Gasteiger partial charge in [0, 0.05) is 0 Å². The van der Waals surface area contributed by atoms with Gasteiger partial charge in [-0.15, -0.1) is 0 Å². The topological polar surface area (TPSA) is 77.8 Å².